The number of rotatable bonds is 3. The van der Waals surface area contributed by atoms with Gasteiger partial charge in [-0.3, -0.25) is 9.59 Å². The first-order chi connectivity index (χ1) is 9.45. The van der Waals surface area contributed by atoms with E-state index in [0.29, 0.717) is 45.2 Å². The van der Waals surface area contributed by atoms with Gasteiger partial charge in [0.2, 0.25) is 0 Å². The van der Waals surface area contributed by atoms with Gasteiger partial charge in [-0.25, -0.2) is 4.79 Å². The van der Waals surface area contributed by atoms with E-state index in [4.69, 9.17) is 4.74 Å². The van der Waals surface area contributed by atoms with E-state index in [1.165, 1.54) is 4.90 Å². The van der Waals surface area contributed by atoms with Crippen LogP contribution in [0.3, 0.4) is 0 Å². The van der Waals surface area contributed by atoms with Gasteiger partial charge in [0.05, 0.1) is 6.61 Å². The van der Waals surface area contributed by atoms with Gasteiger partial charge in [0.1, 0.15) is 0 Å². The Balaban J connectivity index is 2.39. The molecule has 7 heteroatoms. The number of hydrogen-bond acceptors (Lipinski definition) is 4. The first kappa shape index (κ1) is 16.3. The molecule has 0 radical (unpaired) electrons. The fourth-order valence-corrected chi connectivity index (χ4v) is 1.82. The Labute approximate surface area is 119 Å². The summed E-state index contributed by atoms with van der Waals surface area (Å²) in [6.45, 7) is 7.97. The van der Waals surface area contributed by atoms with Gasteiger partial charge in [-0.1, -0.05) is 13.8 Å². The molecule has 114 valence electrons. The Hall–Kier alpha value is -1.79. The van der Waals surface area contributed by atoms with Crippen molar-refractivity contribution in [2.24, 2.45) is 5.92 Å². The van der Waals surface area contributed by atoms with Crippen molar-refractivity contribution in [1.29, 1.82) is 0 Å². The van der Waals surface area contributed by atoms with Crippen LogP contribution in [-0.2, 0) is 14.3 Å². The summed E-state index contributed by atoms with van der Waals surface area (Å²) in [6.07, 6.45) is -0.371. The van der Waals surface area contributed by atoms with Gasteiger partial charge in [-0.05, 0) is 12.8 Å². The van der Waals surface area contributed by atoms with E-state index >= 15 is 0 Å². The van der Waals surface area contributed by atoms with Crippen molar-refractivity contribution >= 4 is 17.9 Å². The normalized spacial score (nSPS) is 15.2. The van der Waals surface area contributed by atoms with Gasteiger partial charge >= 0.3 is 17.9 Å². The second-order valence-corrected chi connectivity index (χ2v) is 5.08. The van der Waals surface area contributed by atoms with Crippen LogP contribution in [0.4, 0.5) is 4.79 Å². The third-order valence-corrected chi connectivity index (χ3v) is 2.96. The molecule has 0 aromatic carbocycles. The second kappa shape index (κ2) is 7.72. The molecule has 0 spiro atoms. The number of ether oxygens (including phenoxy) is 1. The average molecular weight is 285 g/mol. The highest BCUT2D eigenvalue weighted by Crippen LogP contribution is 2.04. The molecule has 1 heterocycles. The van der Waals surface area contributed by atoms with E-state index in [0.717, 1.165) is 0 Å². The molecule has 0 bridgehead atoms. The molecule has 1 saturated heterocycles. The minimum absolute atomic E-state index is 0.299. The highest BCUT2D eigenvalue weighted by atomic mass is 16.6. The monoisotopic (exact) mass is 285 g/mol. The first-order valence-corrected chi connectivity index (χ1v) is 6.94. The van der Waals surface area contributed by atoms with Crippen molar-refractivity contribution in [3.63, 3.8) is 0 Å². The maximum absolute atomic E-state index is 11.9. The molecule has 1 rings (SSSR count). The molecule has 0 aromatic rings. The zero-order valence-electron chi connectivity index (χ0n) is 12.3. The van der Waals surface area contributed by atoms with Crippen molar-refractivity contribution in [3.8, 4) is 0 Å². The molecule has 1 aliphatic heterocycles. The van der Waals surface area contributed by atoms with Crippen LogP contribution in [0.2, 0.25) is 0 Å². The third-order valence-electron chi connectivity index (χ3n) is 2.96. The Morgan fingerprint density at radius 2 is 1.65 bits per heavy atom. The smallest absolute Gasteiger partial charge is 0.409 e. The molecule has 0 saturated carbocycles. The summed E-state index contributed by atoms with van der Waals surface area (Å²) in [5.41, 5.74) is 0. The van der Waals surface area contributed by atoms with E-state index in [1.807, 2.05) is 13.8 Å². The highest BCUT2D eigenvalue weighted by Gasteiger charge is 2.28. The summed E-state index contributed by atoms with van der Waals surface area (Å²) < 4.78 is 4.89. The van der Waals surface area contributed by atoms with Crippen LogP contribution in [0, 0.1) is 5.92 Å². The van der Waals surface area contributed by atoms with Crippen molar-refractivity contribution in [2.45, 2.75) is 20.8 Å². The third kappa shape index (κ3) is 4.71. The summed E-state index contributed by atoms with van der Waals surface area (Å²) in [7, 11) is 0. The zero-order chi connectivity index (χ0) is 15.1. The van der Waals surface area contributed by atoms with Gasteiger partial charge < -0.3 is 19.9 Å². The van der Waals surface area contributed by atoms with Gasteiger partial charge in [-0.2, -0.15) is 0 Å². The number of hydrogen-bond donors (Lipinski definition) is 1. The van der Waals surface area contributed by atoms with Gasteiger partial charge in [0, 0.05) is 32.7 Å². The summed E-state index contributed by atoms with van der Waals surface area (Å²) >= 11 is 0. The molecule has 1 N–H and O–H groups in total. The van der Waals surface area contributed by atoms with Crippen LogP contribution < -0.4 is 5.32 Å². The van der Waals surface area contributed by atoms with Crippen LogP contribution in [-0.4, -0.2) is 67.0 Å². The largest absolute Gasteiger partial charge is 0.450 e. The van der Waals surface area contributed by atoms with E-state index < -0.39 is 11.8 Å². The van der Waals surface area contributed by atoms with Crippen molar-refractivity contribution in [3.05, 3.63) is 0 Å². The molecular formula is C13H23N3O4. The van der Waals surface area contributed by atoms with Crippen LogP contribution in [0.15, 0.2) is 0 Å². The molecule has 7 nitrogen and oxygen atoms in total. The van der Waals surface area contributed by atoms with Crippen LogP contribution in [0.25, 0.3) is 0 Å². The maximum Gasteiger partial charge on any atom is 0.409 e. The summed E-state index contributed by atoms with van der Waals surface area (Å²) in [5.74, 6) is -0.815. The number of nitrogens with zero attached hydrogens (tertiary/aromatic N) is 2. The summed E-state index contributed by atoms with van der Waals surface area (Å²) in [6, 6.07) is 0. The van der Waals surface area contributed by atoms with Gasteiger partial charge in [0.25, 0.3) is 0 Å². The van der Waals surface area contributed by atoms with Crippen LogP contribution in [0.1, 0.15) is 20.8 Å². The minimum Gasteiger partial charge on any atom is -0.450 e. The lowest BCUT2D eigenvalue weighted by Gasteiger charge is -2.33. The summed E-state index contributed by atoms with van der Waals surface area (Å²) in [4.78, 5) is 38.1. The molecule has 1 fully saturated rings. The molecule has 0 unspecified atom stereocenters. The molecule has 0 aromatic heterocycles. The number of carbonyl (C=O) groups excluding carboxylic acids is 3. The lowest BCUT2D eigenvalue weighted by atomic mass is 10.2. The van der Waals surface area contributed by atoms with E-state index in [-0.39, 0.29) is 6.09 Å². The molecular weight excluding hydrogens is 262 g/mol. The van der Waals surface area contributed by atoms with Gasteiger partial charge in [0.15, 0.2) is 0 Å². The highest BCUT2D eigenvalue weighted by molar-refractivity contribution is 6.35. The van der Waals surface area contributed by atoms with Crippen LogP contribution >= 0.6 is 0 Å². The lowest BCUT2D eigenvalue weighted by molar-refractivity contribution is -0.146. The number of nitrogens with one attached hydrogen (secondary N) is 1. The SMILES string of the molecule is CCOC(=O)N1CCN(C(=O)C(=O)NCC(C)C)CC1. The number of piperazine rings is 1. The molecule has 20 heavy (non-hydrogen) atoms. The van der Waals surface area contributed by atoms with Crippen LogP contribution in [0.5, 0.6) is 0 Å². The molecule has 0 aliphatic carbocycles. The first-order valence-electron chi connectivity index (χ1n) is 6.94. The van der Waals surface area contributed by atoms with Crippen molar-refractivity contribution < 1.29 is 19.1 Å². The fourth-order valence-electron chi connectivity index (χ4n) is 1.82. The van der Waals surface area contributed by atoms with Crippen molar-refractivity contribution in [2.75, 3.05) is 39.3 Å². The van der Waals surface area contributed by atoms with E-state index in [1.54, 1.807) is 11.8 Å². The Morgan fingerprint density at radius 3 is 2.15 bits per heavy atom. The molecule has 1 aliphatic rings. The van der Waals surface area contributed by atoms with Gasteiger partial charge in [-0.15, -0.1) is 0 Å². The van der Waals surface area contributed by atoms with Crippen molar-refractivity contribution in [1.82, 2.24) is 15.1 Å². The topological polar surface area (TPSA) is 79.0 Å². The predicted molar refractivity (Wildman–Crippen MR) is 73.0 cm³/mol. The standard InChI is InChI=1S/C13H23N3O4/c1-4-20-13(19)16-7-5-15(6-8-16)12(18)11(17)14-9-10(2)3/h10H,4-9H2,1-3H3,(H,14,17). The maximum atomic E-state index is 11.9. The molecule has 3 amide bonds. The second-order valence-electron chi connectivity index (χ2n) is 5.08. The van der Waals surface area contributed by atoms with E-state index in [9.17, 15) is 14.4 Å². The van der Waals surface area contributed by atoms with E-state index in [2.05, 4.69) is 5.32 Å². The quantitative estimate of drug-likeness (QED) is 0.744. The minimum atomic E-state index is -0.580. The summed E-state index contributed by atoms with van der Waals surface area (Å²) in [5, 5.41) is 2.60. The lowest BCUT2D eigenvalue weighted by Crippen LogP contribution is -2.54. The Bertz CT molecular complexity index is 363. The number of amides is 3. The Morgan fingerprint density at radius 1 is 1.10 bits per heavy atom. The predicted octanol–water partition coefficient (Wildman–Crippen LogP) is 0.0593. The molecule has 0 atom stereocenters. The zero-order valence-corrected chi connectivity index (χ0v) is 12.3. The number of carbonyl (C=O) groups is 3. The Kier molecular flexibility index (Phi) is 6.27. The average Bonchev–Trinajstić information content (AvgIpc) is 2.44. The fraction of sp³-hybridized carbons (Fsp3) is 0.769.